The SMILES string of the molecule is CCC(C)N(C)C(=O)c1cccc(NC)c1.CCC(C)NC(=O)c1cccc(NC)c1.CNC(=O)c1cc(C)cc(NC)c1.CNc1cccc(C(=O)N(C)C)c1.CNc1cccc(C(=O)N(C)C2CC2)c1.CNc1cccc(C(=O)N2CCCC2)c1.CNc1cccc(C(=O)NC2CC2)c1.CNc1cccc(C(=O)NCC(C)F)c1. The molecule has 626 valence electrons. The number of benzene rings is 8. The number of anilines is 8. The van der Waals surface area contributed by atoms with Crippen molar-refractivity contribution in [2.45, 2.75) is 123 Å². The molecule has 3 atom stereocenters. The second kappa shape index (κ2) is 51.6. The molecule has 116 heavy (non-hydrogen) atoms. The fourth-order valence-electron chi connectivity index (χ4n) is 11.0. The summed E-state index contributed by atoms with van der Waals surface area (Å²) in [7, 11) is 23.5. The second-order valence-electron chi connectivity index (χ2n) is 28.3. The number of rotatable bonds is 24. The molecule has 1 aliphatic heterocycles. The van der Waals surface area contributed by atoms with E-state index in [2.05, 4.69) is 84.6 Å². The van der Waals surface area contributed by atoms with Crippen LogP contribution in [0.1, 0.15) is 174 Å². The van der Waals surface area contributed by atoms with Crippen molar-refractivity contribution in [1.29, 1.82) is 0 Å². The highest BCUT2D eigenvalue weighted by atomic mass is 19.1. The van der Waals surface area contributed by atoms with E-state index in [1.54, 1.807) is 56.2 Å². The van der Waals surface area contributed by atoms with Crippen LogP contribution in [0.5, 0.6) is 0 Å². The van der Waals surface area contributed by atoms with Gasteiger partial charge in [0, 0.05) is 225 Å². The van der Waals surface area contributed by atoms with Crippen LogP contribution in [-0.4, -0.2) is 208 Å². The average molecular weight is 1590 g/mol. The minimum Gasteiger partial charge on any atom is -0.388 e. The maximum absolute atomic E-state index is 12.5. The maximum atomic E-state index is 12.5. The normalized spacial score (nSPS) is 12.6. The Morgan fingerprint density at radius 3 is 1.15 bits per heavy atom. The Labute approximate surface area is 688 Å². The summed E-state index contributed by atoms with van der Waals surface area (Å²) in [4.78, 5) is 101. The Morgan fingerprint density at radius 2 is 0.776 bits per heavy atom. The Bertz CT molecular complexity index is 4330. The van der Waals surface area contributed by atoms with E-state index < -0.39 is 6.17 Å². The van der Waals surface area contributed by atoms with Crippen LogP contribution in [0.3, 0.4) is 0 Å². The minimum absolute atomic E-state index is 0.0125. The van der Waals surface area contributed by atoms with Gasteiger partial charge in [-0.1, -0.05) is 56.3 Å². The van der Waals surface area contributed by atoms with E-state index in [9.17, 15) is 42.7 Å². The van der Waals surface area contributed by atoms with E-state index in [0.717, 1.165) is 138 Å². The molecule has 25 heteroatoms. The zero-order valence-corrected chi connectivity index (χ0v) is 71.5. The summed E-state index contributed by atoms with van der Waals surface area (Å²) in [5.74, 6) is 0.0885. The first-order chi connectivity index (χ1) is 55.5. The van der Waals surface area contributed by atoms with Crippen molar-refractivity contribution in [2.75, 3.05) is 154 Å². The number of halogens is 1. The van der Waals surface area contributed by atoms with Crippen LogP contribution in [-0.2, 0) is 0 Å². The third-order valence-corrected chi connectivity index (χ3v) is 18.9. The second-order valence-corrected chi connectivity index (χ2v) is 28.3. The first kappa shape index (κ1) is 96.2. The van der Waals surface area contributed by atoms with Gasteiger partial charge in [-0.2, -0.15) is 0 Å². The predicted molar refractivity (Wildman–Crippen MR) is 477 cm³/mol. The molecular weight excluding hydrogens is 1460 g/mol. The predicted octanol–water partition coefficient (Wildman–Crippen LogP) is 15.0. The Morgan fingerprint density at radius 1 is 0.414 bits per heavy atom. The first-order valence-electron chi connectivity index (χ1n) is 39.6. The highest BCUT2D eigenvalue weighted by Gasteiger charge is 2.30. The Hall–Kier alpha value is -12.2. The molecule has 1 heterocycles. The van der Waals surface area contributed by atoms with E-state index in [0.29, 0.717) is 34.3 Å². The van der Waals surface area contributed by atoms with Crippen LogP contribution in [0, 0.1) is 6.92 Å². The van der Waals surface area contributed by atoms with Gasteiger partial charge in [-0.3, -0.25) is 38.4 Å². The number of aryl methyl sites for hydroxylation is 1. The molecule has 1 saturated heterocycles. The van der Waals surface area contributed by atoms with Gasteiger partial charge in [0.1, 0.15) is 6.17 Å². The molecule has 0 radical (unpaired) electrons. The molecular formula is C91H127FN16O8. The van der Waals surface area contributed by atoms with E-state index in [4.69, 9.17) is 0 Å². The number of amides is 8. The highest BCUT2D eigenvalue weighted by Crippen LogP contribution is 2.28. The lowest BCUT2D eigenvalue weighted by atomic mass is 10.1. The Balaban J connectivity index is 0.000000279. The largest absolute Gasteiger partial charge is 0.388 e. The molecule has 11 rings (SSSR count). The highest BCUT2D eigenvalue weighted by molar-refractivity contribution is 5.99. The molecule has 0 spiro atoms. The maximum Gasteiger partial charge on any atom is 0.253 e. The molecule has 24 nitrogen and oxygen atoms in total. The van der Waals surface area contributed by atoms with Crippen LogP contribution >= 0.6 is 0 Å². The smallest absolute Gasteiger partial charge is 0.253 e. The topological polar surface area (TPSA) is 294 Å². The van der Waals surface area contributed by atoms with Crippen molar-refractivity contribution in [2.24, 2.45) is 0 Å². The third-order valence-electron chi connectivity index (χ3n) is 18.9. The van der Waals surface area contributed by atoms with Gasteiger partial charge in [-0.15, -0.1) is 0 Å². The zero-order valence-electron chi connectivity index (χ0n) is 71.5. The number of hydrogen-bond acceptors (Lipinski definition) is 16. The van der Waals surface area contributed by atoms with Crippen molar-refractivity contribution >= 4 is 92.8 Å². The minimum atomic E-state index is -1.03. The fourth-order valence-corrected chi connectivity index (χ4v) is 11.0. The number of nitrogens with one attached hydrogen (secondary N) is 12. The van der Waals surface area contributed by atoms with Gasteiger partial charge < -0.3 is 83.4 Å². The van der Waals surface area contributed by atoms with Gasteiger partial charge in [0.05, 0.1) is 0 Å². The van der Waals surface area contributed by atoms with Crippen molar-refractivity contribution in [1.82, 2.24) is 40.9 Å². The summed E-state index contributed by atoms with van der Waals surface area (Å²) in [6, 6.07) is 59.3. The quantitative estimate of drug-likeness (QED) is 0.0268. The standard InChI is InChI=1S/C13H20N2O.2C12H16N2O.C12H18N2O.C11H15FN2O.C11H14N2O.2C10H14N2O/c1-5-10(2)15(4)13(16)11-7-6-8-12(9-11)14-3;1-13-10-5-3-4-9(8-10)12(15)14(2)11-6-7-11;1-13-11-6-4-5-10(9-11)12(15)14-7-2-3-8-14;1-4-9(2)14-12(15)10-6-5-7-11(8-10)13-3;1-8(12)7-14-11(15)9-4-3-5-10(6-9)13-2;1-12-10-4-2-3-8(7-10)11(14)13-9-5-6-9;1-7-4-8(10(13)12-3)6-9(5-7)11-2;1-11-9-6-4-5-8(7-9)10(13)12(2)3/h6-10,14H,5H2,1-4H3;3-5,8,11,13H,6-7H2,1-2H3;4-6,9,13H,2-3,7-8H2,1H3;5-9,13H,4H2,1-3H3,(H,14,15);3-6,8,13H,7H2,1-2H3,(H,14,15);2-4,7,9,12H,5-6H2,1H3,(H,13,14);4-6,11H,1-3H3,(H,12,13);4-7,11H,1-3H3. The molecule has 12 N–H and O–H groups in total. The molecule has 0 aromatic heterocycles. The molecule has 8 aromatic rings. The van der Waals surface area contributed by atoms with Crippen LogP contribution in [0.15, 0.2) is 188 Å². The summed E-state index contributed by atoms with van der Waals surface area (Å²) in [5.41, 5.74) is 14.3. The number of carbonyl (C=O) groups is 8. The van der Waals surface area contributed by atoms with Gasteiger partial charge in [0.2, 0.25) is 0 Å². The number of alkyl halides is 1. The lowest BCUT2D eigenvalue weighted by Crippen LogP contribution is -2.34. The summed E-state index contributed by atoms with van der Waals surface area (Å²) < 4.78 is 12.5. The van der Waals surface area contributed by atoms with Crippen LogP contribution < -0.4 is 63.8 Å². The molecule has 3 aliphatic rings. The molecule has 3 unspecified atom stereocenters. The van der Waals surface area contributed by atoms with Gasteiger partial charge >= 0.3 is 0 Å². The molecule has 0 bridgehead atoms. The van der Waals surface area contributed by atoms with Crippen LogP contribution in [0.4, 0.5) is 49.9 Å². The number of hydrogen-bond donors (Lipinski definition) is 12. The van der Waals surface area contributed by atoms with Gasteiger partial charge in [-0.05, 0) is 230 Å². The summed E-state index contributed by atoms with van der Waals surface area (Å²) >= 11 is 0. The first-order valence-corrected chi connectivity index (χ1v) is 39.6. The third kappa shape index (κ3) is 34.3. The molecule has 2 saturated carbocycles. The van der Waals surface area contributed by atoms with Crippen LogP contribution in [0.25, 0.3) is 0 Å². The molecule has 3 fully saturated rings. The summed E-state index contributed by atoms with van der Waals surface area (Å²) in [6.07, 6.45) is 7.69. The molecule has 8 aromatic carbocycles. The van der Waals surface area contributed by atoms with Crippen molar-refractivity contribution < 1.29 is 42.7 Å². The summed E-state index contributed by atoms with van der Waals surface area (Å²) in [6.45, 7) is 13.4. The molecule has 2 aliphatic carbocycles. The summed E-state index contributed by atoms with van der Waals surface area (Å²) in [5, 5.41) is 35.0. The van der Waals surface area contributed by atoms with Gasteiger partial charge in [0.25, 0.3) is 47.3 Å². The average Bonchev–Trinajstić information content (AvgIpc) is 1.66. The van der Waals surface area contributed by atoms with Crippen LogP contribution in [0.2, 0.25) is 0 Å². The number of nitrogens with zero attached hydrogens (tertiary/aromatic N) is 4. The van der Waals surface area contributed by atoms with E-state index in [-0.39, 0.29) is 65.9 Å². The molecule has 8 amide bonds. The van der Waals surface area contributed by atoms with Crippen molar-refractivity contribution in [3.63, 3.8) is 0 Å². The number of carbonyl (C=O) groups excluding carboxylic acids is 8. The van der Waals surface area contributed by atoms with E-state index in [1.807, 2.05) is 257 Å². The van der Waals surface area contributed by atoms with Crippen molar-refractivity contribution in [3.05, 3.63) is 238 Å². The lowest BCUT2D eigenvalue weighted by molar-refractivity contribution is 0.0737. The van der Waals surface area contributed by atoms with E-state index >= 15 is 0 Å². The Kier molecular flexibility index (Phi) is 42.8. The van der Waals surface area contributed by atoms with E-state index in [1.165, 1.54) is 6.92 Å². The monoisotopic (exact) mass is 1590 g/mol. The van der Waals surface area contributed by atoms with Gasteiger partial charge in [0.15, 0.2) is 0 Å². The van der Waals surface area contributed by atoms with Gasteiger partial charge in [-0.25, -0.2) is 4.39 Å². The lowest BCUT2D eigenvalue weighted by Gasteiger charge is -2.24. The van der Waals surface area contributed by atoms with Crippen molar-refractivity contribution in [3.8, 4) is 0 Å². The number of likely N-dealkylation sites (tertiary alicyclic amines) is 1. The zero-order chi connectivity index (χ0) is 85.8. The fraction of sp³-hybridized carbons (Fsp3) is 0.385.